The van der Waals surface area contributed by atoms with Crippen LogP contribution in [0, 0.1) is 0 Å². The van der Waals surface area contributed by atoms with Crippen molar-refractivity contribution >= 4 is 0 Å². The number of rotatable bonds is 1. The highest BCUT2D eigenvalue weighted by Crippen LogP contribution is 1.92. The molecule has 0 bridgehead atoms. The van der Waals surface area contributed by atoms with Crippen LogP contribution in [0.25, 0.3) is 0 Å². The van der Waals surface area contributed by atoms with Gasteiger partial charge in [0.05, 0.1) is 13.2 Å². The monoisotopic (exact) mass is 204 g/mol. The first kappa shape index (κ1) is 9.69. The average molecular weight is 205 g/mol. The van der Waals surface area contributed by atoms with Crippen molar-refractivity contribution in [2.75, 3.05) is 0 Å². The minimum absolute atomic E-state index is 0. The second kappa shape index (κ2) is 3.76. The SMILES string of the molecule is CCc1cn(C)[n+](C)c1.[Br-]. The second-order valence-electron chi connectivity index (χ2n) is 2.33. The Kier molecular flexibility index (Phi) is 3.64. The van der Waals surface area contributed by atoms with Crippen molar-refractivity contribution in [2.45, 2.75) is 13.3 Å². The lowest BCUT2D eigenvalue weighted by molar-refractivity contribution is -0.751. The van der Waals surface area contributed by atoms with Crippen molar-refractivity contribution in [2.24, 2.45) is 14.1 Å². The van der Waals surface area contributed by atoms with Gasteiger partial charge in [-0.2, -0.15) is 4.68 Å². The van der Waals surface area contributed by atoms with Crippen LogP contribution >= 0.6 is 0 Å². The highest BCUT2D eigenvalue weighted by atomic mass is 79.9. The maximum atomic E-state index is 2.16. The number of aryl methyl sites for hydroxylation is 3. The van der Waals surface area contributed by atoms with E-state index < -0.39 is 0 Å². The lowest BCUT2D eigenvalue weighted by Crippen LogP contribution is -3.00. The molecule has 0 atom stereocenters. The topological polar surface area (TPSA) is 8.81 Å². The number of hydrogen-bond donors (Lipinski definition) is 0. The first-order valence-electron chi connectivity index (χ1n) is 3.25. The molecule has 0 saturated heterocycles. The van der Waals surface area contributed by atoms with Crippen molar-refractivity contribution in [1.29, 1.82) is 0 Å². The molecule has 0 aromatic carbocycles. The van der Waals surface area contributed by atoms with Crippen LogP contribution in [-0.4, -0.2) is 4.68 Å². The van der Waals surface area contributed by atoms with Crippen LogP contribution in [0.3, 0.4) is 0 Å². The quantitative estimate of drug-likeness (QED) is 0.445. The van der Waals surface area contributed by atoms with Crippen LogP contribution in [0.1, 0.15) is 12.5 Å². The molecule has 1 aromatic heterocycles. The van der Waals surface area contributed by atoms with Gasteiger partial charge < -0.3 is 17.0 Å². The van der Waals surface area contributed by atoms with Crippen LogP contribution in [0.15, 0.2) is 12.4 Å². The van der Waals surface area contributed by atoms with Gasteiger partial charge in [-0.3, -0.25) is 0 Å². The Balaban J connectivity index is 0.000000810. The summed E-state index contributed by atoms with van der Waals surface area (Å²) in [6.07, 6.45) is 5.40. The molecule has 0 fully saturated rings. The van der Waals surface area contributed by atoms with Gasteiger partial charge in [-0.1, -0.05) is 6.92 Å². The predicted octanol–water partition coefficient (Wildman–Crippen LogP) is -2.58. The van der Waals surface area contributed by atoms with E-state index in [1.165, 1.54) is 5.56 Å². The van der Waals surface area contributed by atoms with Crippen molar-refractivity contribution in [3.05, 3.63) is 18.0 Å². The van der Waals surface area contributed by atoms with E-state index in [1.54, 1.807) is 0 Å². The first-order valence-corrected chi connectivity index (χ1v) is 3.25. The summed E-state index contributed by atoms with van der Waals surface area (Å²) < 4.78 is 4.14. The van der Waals surface area contributed by atoms with Gasteiger partial charge in [-0.25, -0.2) is 0 Å². The Labute approximate surface area is 72.2 Å². The third-order valence-electron chi connectivity index (χ3n) is 1.61. The van der Waals surface area contributed by atoms with Crippen LogP contribution in [0.2, 0.25) is 0 Å². The fourth-order valence-corrected chi connectivity index (χ4v) is 0.878. The van der Waals surface area contributed by atoms with Crippen molar-refractivity contribution in [1.82, 2.24) is 4.68 Å². The summed E-state index contributed by atoms with van der Waals surface area (Å²) in [7, 11) is 4.08. The molecule has 0 radical (unpaired) electrons. The average Bonchev–Trinajstić information content (AvgIpc) is 2.13. The minimum atomic E-state index is 0. The largest absolute Gasteiger partial charge is 1.00 e. The van der Waals surface area contributed by atoms with Crippen LogP contribution in [-0.2, 0) is 20.5 Å². The Bertz CT molecular complexity index is 186. The predicted molar refractivity (Wildman–Crippen MR) is 36.0 cm³/mol. The fourth-order valence-electron chi connectivity index (χ4n) is 0.878. The molecule has 1 aromatic rings. The zero-order valence-electron chi connectivity index (χ0n) is 6.63. The second-order valence-corrected chi connectivity index (χ2v) is 2.33. The third kappa shape index (κ3) is 1.84. The molecular formula is C7H13BrN2. The Hall–Kier alpha value is -0.310. The Morgan fingerprint density at radius 3 is 2.40 bits per heavy atom. The first-order chi connectivity index (χ1) is 4.24. The van der Waals surface area contributed by atoms with E-state index in [0.29, 0.717) is 0 Å². The summed E-state index contributed by atoms with van der Waals surface area (Å²) in [5.74, 6) is 0. The van der Waals surface area contributed by atoms with E-state index in [2.05, 4.69) is 28.7 Å². The molecule has 0 aliphatic carbocycles. The lowest BCUT2D eigenvalue weighted by atomic mass is 10.3. The molecule has 0 aliphatic heterocycles. The highest BCUT2D eigenvalue weighted by molar-refractivity contribution is 4.98. The smallest absolute Gasteiger partial charge is 0.198 e. The molecule has 1 heterocycles. The summed E-state index contributed by atoms with van der Waals surface area (Å²) in [6.45, 7) is 2.16. The standard InChI is InChI=1S/C7H13N2.BrH/c1-4-7-5-8(2)9(3)6-7;/h5-6H,4H2,1-3H3;1H/q+1;/p-1. The summed E-state index contributed by atoms with van der Waals surface area (Å²) in [4.78, 5) is 0. The van der Waals surface area contributed by atoms with E-state index in [0.717, 1.165) is 6.42 Å². The van der Waals surface area contributed by atoms with E-state index in [-0.39, 0.29) is 17.0 Å². The molecular weight excluding hydrogens is 192 g/mol. The molecule has 0 spiro atoms. The lowest BCUT2D eigenvalue weighted by Gasteiger charge is -1.82. The molecule has 0 aliphatic rings. The molecule has 10 heavy (non-hydrogen) atoms. The Morgan fingerprint density at radius 2 is 2.20 bits per heavy atom. The molecule has 1 rings (SSSR count). The zero-order chi connectivity index (χ0) is 6.85. The fraction of sp³-hybridized carbons (Fsp3) is 0.571. The Morgan fingerprint density at radius 1 is 1.60 bits per heavy atom. The zero-order valence-corrected chi connectivity index (χ0v) is 8.22. The normalized spacial score (nSPS) is 9.10. The van der Waals surface area contributed by atoms with Gasteiger partial charge in [0, 0.05) is 5.56 Å². The van der Waals surface area contributed by atoms with Crippen LogP contribution in [0.4, 0.5) is 0 Å². The molecule has 58 valence electrons. The van der Waals surface area contributed by atoms with Gasteiger partial charge in [-0.05, 0) is 6.42 Å². The highest BCUT2D eigenvalue weighted by Gasteiger charge is 2.00. The minimum Gasteiger partial charge on any atom is -1.00 e. The van der Waals surface area contributed by atoms with Crippen LogP contribution < -0.4 is 21.7 Å². The summed E-state index contributed by atoms with van der Waals surface area (Å²) in [6, 6.07) is 0. The number of hydrogen-bond acceptors (Lipinski definition) is 0. The molecule has 3 heteroatoms. The number of aromatic nitrogens is 2. The van der Waals surface area contributed by atoms with Gasteiger partial charge in [0.2, 0.25) is 0 Å². The molecule has 0 unspecified atom stereocenters. The summed E-state index contributed by atoms with van der Waals surface area (Å²) in [5, 5.41) is 0. The van der Waals surface area contributed by atoms with E-state index in [9.17, 15) is 0 Å². The molecule has 0 amide bonds. The maximum Gasteiger partial charge on any atom is 0.198 e. The van der Waals surface area contributed by atoms with Crippen LogP contribution in [0.5, 0.6) is 0 Å². The van der Waals surface area contributed by atoms with Gasteiger partial charge in [0.1, 0.15) is 0 Å². The van der Waals surface area contributed by atoms with Gasteiger partial charge in [0.15, 0.2) is 13.2 Å². The van der Waals surface area contributed by atoms with Crippen molar-refractivity contribution in [3.8, 4) is 0 Å². The molecule has 0 N–H and O–H groups in total. The van der Waals surface area contributed by atoms with E-state index >= 15 is 0 Å². The van der Waals surface area contributed by atoms with E-state index in [4.69, 9.17) is 0 Å². The number of halogens is 1. The molecule has 0 saturated carbocycles. The summed E-state index contributed by atoms with van der Waals surface area (Å²) >= 11 is 0. The molecule has 2 nitrogen and oxygen atoms in total. The van der Waals surface area contributed by atoms with Crippen molar-refractivity contribution in [3.63, 3.8) is 0 Å². The van der Waals surface area contributed by atoms with E-state index in [1.807, 2.05) is 14.1 Å². The van der Waals surface area contributed by atoms with Gasteiger partial charge >= 0.3 is 0 Å². The van der Waals surface area contributed by atoms with Gasteiger partial charge in [0.25, 0.3) is 0 Å². The summed E-state index contributed by atoms with van der Waals surface area (Å²) in [5.41, 5.74) is 1.39. The van der Waals surface area contributed by atoms with Gasteiger partial charge in [-0.15, -0.1) is 4.68 Å². The number of nitrogens with zero attached hydrogens (tertiary/aromatic N) is 2. The van der Waals surface area contributed by atoms with Crippen molar-refractivity contribution < 1.29 is 21.7 Å². The maximum absolute atomic E-state index is 2.16. The third-order valence-corrected chi connectivity index (χ3v) is 1.61.